The minimum atomic E-state index is -3.73. The van der Waals surface area contributed by atoms with Crippen LogP contribution in [0.25, 0.3) is 0 Å². The van der Waals surface area contributed by atoms with E-state index in [0.717, 1.165) is 0 Å². The summed E-state index contributed by atoms with van der Waals surface area (Å²) in [7, 11) is -5.22. The fraction of sp³-hybridized carbons (Fsp3) is 0.462. The summed E-state index contributed by atoms with van der Waals surface area (Å²) in [6, 6.07) is 4.59. The number of benzene rings is 1. The summed E-state index contributed by atoms with van der Waals surface area (Å²) in [5.41, 5.74) is 1.39. The van der Waals surface area contributed by atoms with Crippen molar-refractivity contribution in [3.05, 3.63) is 23.8 Å². The topological polar surface area (TPSA) is 91.8 Å². The lowest BCUT2D eigenvalue weighted by atomic mass is 10.2. The molecule has 0 aliphatic carbocycles. The zero-order valence-corrected chi connectivity index (χ0v) is 13.7. The number of anilines is 1. The van der Waals surface area contributed by atoms with Gasteiger partial charge in [0.25, 0.3) is 0 Å². The van der Waals surface area contributed by atoms with Gasteiger partial charge in [0, 0.05) is 25.8 Å². The second kappa shape index (κ2) is 5.04. The number of rotatable bonds is 2. The first kappa shape index (κ1) is 15.4. The highest BCUT2D eigenvalue weighted by molar-refractivity contribution is 7.92. The molecule has 2 aliphatic heterocycles. The smallest absolute Gasteiger partial charge is 0.243 e. The van der Waals surface area contributed by atoms with Crippen molar-refractivity contribution in [2.45, 2.75) is 11.3 Å². The van der Waals surface area contributed by atoms with Crippen LogP contribution in [0, 0.1) is 0 Å². The highest BCUT2D eigenvalue weighted by atomic mass is 32.2. The van der Waals surface area contributed by atoms with Gasteiger partial charge in [0.15, 0.2) is 9.84 Å². The predicted molar refractivity (Wildman–Crippen MR) is 81.0 cm³/mol. The summed E-state index contributed by atoms with van der Waals surface area (Å²) in [6.45, 7) is -0.0544. The van der Waals surface area contributed by atoms with Gasteiger partial charge in [0.1, 0.15) is 0 Å². The van der Waals surface area contributed by atoms with E-state index in [1.807, 2.05) is 0 Å². The molecule has 2 heterocycles. The minimum Gasteiger partial charge on any atom is -0.315 e. The van der Waals surface area contributed by atoms with Gasteiger partial charge in [-0.15, -0.1) is 0 Å². The molecule has 1 amide bonds. The first-order valence-electron chi connectivity index (χ1n) is 6.81. The minimum absolute atomic E-state index is 0.0272. The Morgan fingerprint density at radius 3 is 2.41 bits per heavy atom. The quantitative estimate of drug-likeness (QED) is 0.730. The standard InChI is InChI=1S/C13H16N2O5S2/c1-14-12-3-2-11(8-10(12)9-13(14)16)22(19,20)15-4-6-21(17,18)7-5-15/h2-3,8H,4-7,9H2,1H3. The Morgan fingerprint density at radius 1 is 1.14 bits per heavy atom. The van der Waals surface area contributed by atoms with E-state index in [0.29, 0.717) is 11.3 Å². The molecule has 1 aromatic carbocycles. The number of carbonyl (C=O) groups is 1. The van der Waals surface area contributed by atoms with Crippen molar-refractivity contribution in [3.8, 4) is 0 Å². The van der Waals surface area contributed by atoms with Gasteiger partial charge in [-0.2, -0.15) is 4.31 Å². The molecule has 1 saturated heterocycles. The fourth-order valence-electron chi connectivity index (χ4n) is 2.69. The number of hydrogen-bond donors (Lipinski definition) is 0. The van der Waals surface area contributed by atoms with E-state index in [9.17, 15) is 21.6 Å². The van der Waals surface area contributed by atoms with Crippen LogP contribution < -0.4 is 4.90 Å². The van der Waals surface area contributed by atoms with Crippen molar-refractivity contribution in [2.24, 2.45) is 0 Å². The lowest BCUT2D eigenvalue weighted by Gasteiger charge is -2.26. The van der Waals surface area contributed by atoms with Crippen molar-refractivity contribution < 1.29 is 21.6 Å². The Hall–Kier alpha value is -1.45. The number of sulfonamides is 1. The summed E-state index contributed by atoms with van der Waals surface area (Å²) in [4.78, 5) is 13.3. The number of sulfone groups is 1. The van der Waals surface area contributed by atoms with E-state index in [-0.39, 0.29) is 41.8 Å². The zero-order chi connectivity index (χ0) is 16.1. The van der Waals surface area contributed by atoms with Crippen molar-refractivity contribution >= 4 is 31.5 Å². The maximum atomic E-state index is 12.6. The van der Waals surface area contributed by atoms with Gasteiger partial charge in [0.05, 0.1) is 22.8 Å². The fourth-order valence-corrected chi connectivity index (χ4v) is 5.62. The van der Waals surface area contributed by atoms with Crippen LogP contribution in [0.5, 0.6) is 0 Å². The molecule has 0 saturated carbocycles. The number of likely N-dealkylation sites (N-methyl/N-ethyl adjacent to an activating group) is 1. The van der Waals surface area contributed by atoms with E-state index >= 15 is 0 Å². The molecule has 7 nitrogen and oxygen atoms in total. The van der Waals surface area contributed by atoms with Crippen molar-refractivity contribution in [3.63, 3.8) is 0 Å². The number of amides is 1. The predicted octanol–water partition coefficient (Wildman–Crippen LogP) is -0.375. The van der Waals surface area contributed by atoms with Crippen molar-refractivity contribution in [1.29, 1.82) is 0 Å². The number of carbonyl (C=O) groups excluding carboxylic acids is 1. The second-order valence-corrected chi connectivity index (χ2v) is 9.72. The SMILES string of the molecule is CN1C(=O)Cc2cc(S(=O)(=O)N3CCS(=O)(=O)CC3)ccc21. The van der Waals surface area contributed by atoms with Crippen LogP contribution in [0.3, 0.4) is 0 Å². The number of nitrogens with zero attached hydrogens (tertiary/aromatic N) is 2. The normalized spacial score (nSPS) is 21.9. The molecule has 1 aromatic rings. The monoisotopic (exact) mass is 344 g/mol. The summed E-state index contributed by atoms with van der Waals surface area (Å²) in [5, 5.41) is 0. The number of fused-ring (bicyclic) bond motifs is 1. The highest BCUT2D eigenvalue weighted by Crippen LogP contribution is 2.30. The third-order valence-corrected chi connectivity index (χ3v) is 7.57. The third-order valence-electron chi connectivity index (χ3n) is 4.07. The van der Waals surface area contributed by atoms with Crippen LogP contribution in [-0.2, 0) is 31.1 Å². The molecule has 0 N–H and O–H groups in total. The molecule has 0 aromatic heterocycles. The Morgan fingerprint density at radius 2 is 1.77 bits per heavy atom. The Labute approximate surface area is 129 Å². The highest BCUT2D eigenvalue weighted by Gasteiger charge is 2.33. The van der Waals surface area contributed by atoms with Crippen LogP contribution in [-0.4, -0.2) is 58.7 Å². The average molecular weight is 344 g/mol. The molecule has 9 heteroatoms. The molecular formula is C13H16N2O5S2. The molecule has 2 aliphatic rings. The van der Waals surface area contributed by atoms with Gasteiger partial charge < -0.3 is 4.90 Å². The summed E-state index contributed by atoms with van der Waals surface area (Å²) in [5.74, 6) is -0.384. The Balaban J connectivity index is 1.91. The van der Waals surface area contributed by atoms with Crippen LogP contribution in [0.15, 0.2) is 23.1 Å². The Bertz CT molecular complexity index is 831. The van der Waals surface area contributed by atoms with E-state index < -0.39 is 19.9 Å². The van der Waals surface area contributed by atoms with Gasteiger partial charge in [-0.05, 0) is 23.8 Å². The van der Waals surface area contributed by atoms with Gasteiger partial charge in [-0.25, -0.2) is 16.8 Å². The first-order valence-corrected chi connectivity index (χ1v) is 10.1. The molecule has 120 valence electrons. The van der Waals surface area contributed by atoms with Gasteiger partial charge in [0.2, 0.25) is 15.9 Å². The van der Waals surface area contributed by atoms with Crippen LogP contribution in [0.2, 0.25) is 0 Å². The average Bonchev–Trinajstić information content (AvgIpc) is 2.73. The van der Waals surface area contributed by atoms with E-state index in [2.05, 4.69) is 0 Å². The molecule has 1 fully saturated rings. The second-order valence-electron chi connectivity index (χ2n) is 5.48. The van der Waals surface area contributed by atoms with Crippen molar-refractivity contribution in [2.75, 3.05) is 36.5 Å². The molecule has 22 heavy (non-hydrogen) atoms. The van der Waals surface area contributed by atoms with Gasteiger partial charge >= 0.3 is 0 Å². The molecule has 0 unspecified atom stereocenters. The molecule has 3 rings (SSSR count). The maximum absolute atomic E-state index is 12.6. The third kappa shape index (κ3) is 2.53. The maximum Gasteiger partial charge on any atom is 0.243 e. The summed E-state index contributed by atoms with van der Waals surface area (Å²) < 4.78 is 49.2. The van der Waals surface area contributed by atoms with Crippen molar-refractivity contribution in [1.82, 2.24) is 4.31 Å². The largest absolute Gasteiger partial charge is 0.315 e. The molecule has 0 spiro atoms. The van der Waals surface area contributed by atoms with Gasteiger partial charge in [-0.1, -0.05) is 0 Å². The Kier molecular flexibility index (Phi) is 3.54. The van der Waals surface area contributed by atoms with Crippen LogP contribution in [0.1, 0.15) is 5.56 Å². The van der Waals surface area contributed by atoms with E-state index in [4.69, 9.17) is 0 Å². The van der Waals surface area contributed by atoms with E-state index in [1.165, 1.54) is 21.3 Å². The summed E-state index contributed by atoms with van der Waals surface area (Å²) >= 11 is 0. The molecular weight excluding hydrogens is 328 g/mol. The van der Waals surface area contributed by atoms with Crippen LogP contribution in [0.4, 0.5) is 5.69 Å². The molecule has 0 atom stereocenters. The lowest BCUT2D eigenvalue weighted by Crippen LogP contribution is -2.43. The zero-order valence-electron chi connectivity index (χ0n) is 12.0. The first-order chi connectivity index (χ1) is 10.2. The molecule has 0 radical (unpaired) electrons. The lowest BCUT2D eigenvalue weighted by molar-refractivity contribution is -0.117. The van der Waals surface area contributed by atoms with E-state index in [1.54, 1.807) is 13.1 Å². The number of hydrogen-bond acceptors (Lipinski definition) is 5. The van der Waals surface area contributed by atoms with Crippen LogP contribution >= 0.6 is 0 Å². The van der Waals surface area contributed by atoms with Gasteiger partial charge in [-0.3, -0.25) is 4.79 Å². The molecule has 0 bridgehead atoms. The summed E-state index contributed by atoms with van der Waals surface area (Å²) in [6.07, 6.45) is 0.184.